The standard InChI is InChI=1S/C32H35N3O4/c1-38-26-17-15-22(16-18-26)31(32(37)34-24-9-4-3-5-10-24)35(25-11-8-12-27(20-25)39-2)30(36)19-23-21-33-29-14-7-6-13-28(23)29/h6-8,11-18,20-21,24,31,33H,3-5,9-10,19H2,1-2H3,(H,34,37)/t31-/m0/s1. The molecular formula is C32H35N3O4. The molecule has 2 N–H and O–H groups in total. The van der Waals surface area contributed by atoms with E-state index in [0.29, 0.717) is 22.7 Å². The molecule has 0 radical (unpaired) electrons. The molecule has 1 aromatic heterocycles. The number of fused-ring (bicyclic) bond motifs is 1. The van der Waals surface area contributed by atoms with Gasteiger partial charge in [0.25, 0.3) is 0 Å². The largest absolute Gasteiger partial charge is 0.497 e. The second-order valence-corrected chi connectivity index (χ2v) is 10.0. The van der Waals surface area contributed by atoms with Crippen molar-refractivity contribution in [3.63, 3.8) is 0 Å². The molecule has 1 aliphatic carbocycles. The number of nitrogens with zero attached hydrogens (tertiary/aromatic N) is 1. The number of benzene rings is 3. The second-order valence-electron chi connectivity index (χ2n) is 10.0. The van der Waals surface area contributed by atoms with Crippen LogP contribution >= 0.6 is 0 Å². The van der Waals surface area contributed by atoms with Crippen LogP contribution < -0.4 is 19.7 Å². The number of carbonyl (C=O) groups excluding carboxylic acids is 2. The molecule has 0 unspecified atom stereocenters. The first-order valence-corrected chi connectivity index (χ1v) is 13.5. The van der Waals surface area contributed by atoms with Gasteiger partial charge >= 0.3 is 0 Å². The first kappa shape index (κ1) is 26.4. The molecule has 1 aliphatic rings. The zero-order valence-electron chi connectivity index (χ0n) is 22.5. The normalized spacial score (nSPS) is 14.5. The van der Waals surface area contributed by atoms with E-state index in [2.05, 4.69) is 10.3 Å². The maximum absolute atomic E-state index is 14.3. The molecule has 1 fully saturated rings. The van der Waals surface area contributed by atoms with Gasteiger partial charge in [0, 0.05) is 34.9 Å². The Kier molecular flexibility index (Phi) is 8.16. The van der Waals surface area contributed by atoms with Crippen molar-refractivity contribution in [1.29, 1.82) is 0 Å². The number of H-pyrrole nitrogens is 1. The van der Waals surface area contributed by atoms with E-state index in [1.54, 1.807) is 25.2 Å². The highest BCUT2D eigenvalue weighted by Gasteiger charge is 2.34. The number of anilines is 1. The molecule has 1 atom stereocenters. The molecular weight excluding hydrogens is 490 g/mol. The number of para-hydroxylation sites is 1. The Labute approximate surface area is 229 Å². The number of carbonyl (C=O) groups is 2. The summed E-state index contributed by atoms with van der Waals surface area (Å²) in [6.45, 7) is 0. The fraction of sp³-hybridized carbons (Fsp3) is 0.312. The molecule has 1 saturated carbocycles. The van der Waals surface area contributed by atoms with Gasteiger partial charge in [0.2, 0.25) is 11.8 Å². The van der Waals surface area contributed by atoms with E-state index in [-0.39, 0.29) is 24.3 Å². The van der Waals surface area contributed by atoms with Gasteiger partial charge in [-0.1, -0.05) is 55.7 Å². The van der Waals surface area contributed by atoms with Crippen LogP contribution in [0.4, 0.5) is 5.69 Å². The number of amides is 2. The van der Waals surface area contributed by atoms with Gasteiger partial charge in [-0.25, -0.2) is 0 Å². The fourth-order valence-electron chi connectivity index (χ4n) is 5.45. The third kappa shape index (κ3) is 5.93. The predicted octanol–water partition coefficient (Wildman–Crippen LogP) is 5.95. The van der Waals surface area contributed by atoms with Gasteiger partial charge in [-0.3, -0.25) is 14.5 Å². The van der Waals surface area contributed by atoms with Crippen LogP contribution in [-0.4, -0.2) is 37.1 Å². The Morgan fingerprint density at radius 1 is 0.923 bits per heavy atom. The van der Waals surface area contributed by atoms with Gasteiger partial charge in [0.15, 0.2) is 0 Å². The first-order chi connectivity index (χ1) is 19.1. The van der Waals surface area contributed by atoms with Gasteiger partial charge in [-0.2, -0.15) is 0 Å². The van der Waals surface area contributed by atoms with Gasteiger partial charge in [0.05, 0.1) is 20.6 Å². The second kappa shape index (κ2) is 12.1. The van der Waals surface area contributed by atoms with Crippen molar-refractivity contribution < 1.29 is 19.1 Å². The van der Waals surface area contributed by atoms with Crippen molar-refractivity contribution >= 4 is 28.4 Å². The SMILES string of the molecule is COc1ccc([C@@H](C(=O)NC2CCCCC2)N(C(=O)Cc2c[nH]c3ccccc23)c2cccc(OC)c2)cc1. The summed E-state index contributed by atoms with van der Waals surface area (Å²) in [5.41, 5.74) is 3.15. The average Bonchev–Trinajstić information content (AvgIpc) is 3.39. The maximum atomic E-state index is 14.3. The van der Waals surface area contributed by atoms with E-state index in [0.717, 1.165) is 42.1 Å². The molecule has 1 heterocycles. The zero-order valence-corrected chi connectivity index (χ0v) is 22.5. The number of ether oxygens (including phenoxy) is 2. The summed E-state index contributed by atoms with van der Waals surface area (Å²) >= 11 is 0. The number of nitrogens with one attached hydrogen (secondary N) is 2. The molecule has 2 amide bonds. The van der Waals surface area contributed by atoms with Crippen molar-refractivity contribution in [2.24, 2.45) is 0 Å². The molecule has 202 valence electrons. The lowest BCUT2D eigenvalue weighted by Crippen LogP contribution is -2.47. The lowest BCUT2D eigenvalue weighted by Gasteiger charge is -2.33. The van der Waals surface area contributed by atoms with Crippen LogP contribution in [0.2, 0.25) is 0 Å². The molecule has 7 heteroatoms. The van der Waals surface area contributed by atoms with Crippen LogP contribution in [0.15, 0.2) is 79.0 Å². The van der Waals surface area contributed by atoms with Gasteiger partial charge < -0.3 is 19.8 Å². The summed E-state index contributed by atoms with van der Waals surface area (Å²) in [6.07, 6.45) is 7.27. The van der Waals surface area contributed by atoms with Crippen LogP contribution in [-0.2, 0) is 16.0 Å². The van der Waals surface area contributed by atoms with Crippen molar-refractivity contribution in [2.45, 2.75) is 50.6 Å². The highest BCUT2D eigenvalue weighted by molar-refractivity contribution is 6.03. The minimum Gasteiger partial charge on any atom is -0.497 e. The Balaban J connectivity index is 1.57. The summed E-state index contributed by atoms with van der Waals surface area (Å²) < 4.78 is 10.8. The van der Waals surface area contributed by atoms with E-state index in [1.165, 1.54) is 6.42 Å². The van der Waals surface area contributed by atoms with Crippen molar-refractivity contribution in [3.05, 3.63) is 90.1 Å². The molecule has 0 spiro atoms. The van der Waals surface area contributed by atoms with E-state index in [1.807, 2.05) is 72.9 Å². The monoisotopic (exact) mass is 525 g/mol. The maximum Gasteiger partial charge on any atom is 0.248 e. The molecule has 0 aliphatic heterocycles. The molecule has 3 aromatic carbocycles. The zero-order chi connectivity index (χ0) is 27.2. The van der Waals surface area contributed by atoms with E-state index in [4.69, 9.17) is 9.47 Å². The molecule has 7 nitrogen and oxygen atoms in total. The third-order valence-electron chi connectivity index (χ3n) is 7.51. The van der Waals surface area contributed by atoms with Crippen LogP contribution in [0.1, 0.15) is 49.3 Å². The van der Waals surface area contributed by atoms with Crippen LogP contribution in [0.5, 0.6) is 11.5 Å². The highest BCUT2D eigenvalue weighted by Crippen LogP contribution is 2.33. The molecule has 0 saturated heterocycles. The summed E-state index contributed by atoms with van der Waals surface area (Å²) in [7, 11) is 3.20. The Bertz CT molecular complexity index is 1420. The van der Waals surface area contributed by atoms with Gasteiger partial charge in [-0.15, -0.1) is 0 Å². The van der Waals surface area contributed by atoms with Crippen LogP contribution in [0.3, 0.4) is 0 Å². The van der Waals surface area contributed by atoms with E-state index in [9.17, 15) is 9.59 Å². The molecule has 39 heavy (non-hydrogen) atoms. The lowest BCUT2D eigenvalue weighted by molar-refractivity contribution is -0.127. The molecule has 5 rings (SSSR count). The van der Waals surface area contributed by atoms with E-state index < -0.39 is 6.04 Å². The van der Waals surface area contributed by atoms with Crippen molar-refractivity contribution in [3.8, 4) is 11.5 Å². The quantitative estimate of drug-likeness (QED) is 0.283. The number of aromatic nitrogens is 1. The van der Waals surface area contributed by atoms with Gasteiger partial charge in [0.1, 0.15) is 17.5 Å². The van der Waals surface area contributed by atoms with Crippen molar-refractivity contribution in [1.82, 2.24) is 10.3 Å². The van der Waals surface area contributed by atoms with E-state index >= 15 is 0 Å². The minimum absolute atomic E-state index is 0.0999. The minimum atomic E-state index is -0.873. The number of hydrogen-bond acceptors (Lipinski definition) is 4. The number of rotatable bonds is 9. The Morgan fingerprint density at radius 3 is 2.41 bits per heavy atom. The smallest absolute Gasteiger partial charge is 0.248 e. The van der Waals surface area contributed by atoms with Crippen LogP contribution in [0, 0.1) is 0 Å². The fourth-order valence-corrected chi connectivity index (χ4v) is 5.45. The van der Waals surface area contributed by atoms with Crippen molar-refractivity contribution in [2.75, 3.05) is 19.1 Å². The summed E-state index contributed by atoms with van der Waals surface area (Å²) in [5.74, 6) is 0.914. The number of hydrogen-bond donors (Lipinski definition) is 2. The van der Waals surface area contributed by atoms with Crippen LogP contribution in [0.25, 0.3) is 10.9 Å². The predicted molar refractivity (Wildman–Crippen MR) is 153 cm³/mol. The number of aromatic amines is 1. The Morgan fingerprint density at radius 2 is 1.67 bits per heavy atom. The summed E-state index contributed by atoms with van der Waals surface area (Å²) in [5, 5.41) is 4.26. The topological polar surface area (TPSA) is 83.7 Å². The summed E-state index contributed by atoms with van der Waals surface area (Å²) in [6, 6.07) is 21.8. The first-order valence-electron chi connectivity index (χ1n) is 13.5. The third-order valence-corrected chi connectivity index (χ3v) is 7.51. The van der Waals surface area contributed by atoms with Gasteiger partial charge in [-0.05, 0) is 54.3 Å². The lowest BCUT2D eigenvalue weighted by atomic mass is 9.94. The average molecular weight is 526 g/mol. The molecule has 4 aromatic rings. The highest BCUT2D eigenvalue weighted by atomic mass is 16.5. The molecule has 0 bridgehead atoms. The number of methoxy groups -OCH3 is 2. The Hall–Kier alpha value is -4.26. The summed E-state index contributed by atoms with van der Waals surface area (Å²) in [4.78, 5) is 33.2.